The number of hydrogen-bond acceptors (Lipinski definition) is 8. The van der Waals surface area contributed by atoms with Crippen LogP contribution in [0.1, 0.15) is 0 Å². The summed E-state index contributed by atoms with van der Waals surface area (Å²) in [6.45, 7) is 0. The Morgan fingerprint density at radius 2 is 0.625 bits per heavy atom. The van der Waals surface area contributed by atoms with Gasteiger partial charge in [-0.2, -0.15) is 0 Å². The monoisotopic (exact) mass is 352 g/mol. The van der Waals surface area contributed by atoms with Crippen LogP contribution in [0.4, 0.5) is 0 Å². The molecule has 0 atom stereocenters. The van der Waals surface area contributed by atoms with E-state index in [1.165, 1.54) is 0 Å². The zero-order chi connectivity index (χ0) is 18.9. The van der Waals surface area contributed by atoms with Crippen LogP contribution >= 0.6 is 0 Å². The molecule has 16 heteroatoms. The van der Waals surface area contributed by atoms with E-state index in [-0.39, 0.29) is 0 Å². The summed E-state index contributed by atoms with van der Waals surface area (Å²) in [5, 5.41) is 42.5. The van der Waals surface area contributed by atoms with Gasteiger partial charge in [0.1, 0.15) is 24.2 Å². The molecule has 0 aromatic carbocycles. The largest absolute Gasteiger partial charge is 0.235 e. The van der Waals surface area contributed by atoms with E-state index in [0.29, 0.717) is 20.0 Å². The Balaban J connectivity index is 3.37. The summed E-state index contributed by atoms with van der Waals surface area (Å²) in [7, 11) is 3.98. The van der Waals surface area contributed by atoms with Gasteiger partial charge in [0.15, 0.2) is 20.1 Å². The lowest BCUT2D eigenvalue weighted by atomic mass is 9.73. The number of nitro groups is 4. The molecule has 1 aliphatic rings. The molecule has 16 nitrogen and oxygen atoms in total. The van der Waals surface area contributed by atoms with Gasteiger partial charge < -0.3 is 0 Å². The van der Waals surface area contributed by atoms with Crippen molar-refractivity contribution in [2.24, 2.45) is 0 Å². The minimum absolute atomic E-state index is 0.486. The molecule has 0 saturated heterocycles. The van der Waals surface area contributed by atoms with Gasteiger partial charge in [0.05, 0.1) is 28.2 Å². The quantitative estimate of drug-likeness (QED) is 0.345. The van der Waals surface area contributed by atoms with Crippen LogP contribution < -0.4 is 0 Å². The van der Waals surface area contributed by atoms with Crippen molar-refractivity contribution < 1.29 is 20.1 Å². The van der Waals surface area contributed by atoms with Crippen LogP contribution in [-0.2, 0) is 0 Å². The lowest BCUT2D eigenvalue weighted by molar-refractivity contribution is -0.730. The maximum absolute atomic E-state index is 11.0. The van der Waals surface area contributed by atoms with Crippen LogP contribution in [0.3, 0.4) is 0 Å². The Morgan fingerprint density at radius 3 is 0.708 bits per heavy atom. The molecule has 1 rings (SSSR count). The van der Waals surface area contributed by atoms with E-state index in [1.807, 2.05) is 0 Å². The fourth-order valence-corrected chi connectivity index (χ4v) is 2.87. The third kappa shape index (κ3) is 2.97. The molecule has 0 aromatic rings. The Bertz CT molecular complexity index is 454. The van der Waals surface area contributed by atoms with Gasteiger partial charge in [0.25, 0.3) is 0 Å². The van der Waals surface area contributed by atoms with Crippen molar-refractivity contribution in [1.82, 2.24) is 20.0 Å². The predicted molar refractivity (Wildman–Crippen MR) is 74.2 cm³/mol. The number of rotatable bonds is 8. The molecule has 0 N–H and O–H groups in total. The first kappa shape index (κ1) is 18.8. The molecule has 0 heterocycles. The van der Waals surface area contributed by atoms with E-state index in [0.717, 1.165) is 28.2 Å². The van der Waals surface area contributed by atoms with Gasteiger partial charge in [0.2, 0.25) is 0 Å². The van der Waals surface area contributed by atoms with Crippen molar-refractivity contribution in [1.29, 1.82) is 0 Å². The first-order chi connectivity index (χ1) is 10.9. The van der Waals surface area contributed by atoms with Crippen molar-refractivity contribution >= 4 is 0 Å². The molecule has 136 valence electrons. The standard InChI is InChI=1S/C8H16N8O8/c1-9(13(17)18)5-6(10(2)14(19)20)8(12(4)16(23)24)7(5)11(3)15(21)22/h5-8H,1-4H3. The van der Waals surface area contributed by atoms with Crippen molar-refractivity contribution in [3.8, 4) is 0 Å². The van der Waals surface area contributed by atoms with Crippen molar-refractivity contribution in [3.63, 3.8) is 0 Å². The summed E-state index contributed by atoms with van der Waals surface area (Å²) in [5.74, 6) is 0. The van der Waals surface area contributed by atoms with Gasteiger partial charge in [-0.1, -0.05) is 0 Å². The lowest BCUT2D eigenvalue weighted by Crippen LogP contribution is -2.82. The molecule has 0 spiro atoms. The van der Waals surface area contributed by atoms with Crippen molar-refractivity contribution in [2.75, 3.05) is 28.2 Å². The smallest absolute Gasteiger partial charge is 0.160 e. The molecule has 0 aliphatic heterocycles. The molecule has 24 heavy (non-hydrogen) atoms. The predicted octanol–water partition coefficient (Wildman–Crippen LogP) is -2.03. The summed E-state index contributed by atoms with van der Waals surface area (Å²) in [4.78, 5) is 44.1. The number of hydrogen-bond donors (Lipinski definition) is 0. The zero-order valence-electron chi connectivity index (χ0n) is 13.2. The van der Waals surface area contributed by atoms with Crippen LogP contribution in [0.2, 0.25) is 0 Å². The fourth-order valence-electron chi connectivity index (χ4n) is 2.87. The highest BCUT2D eigenvalue weighted by Gasteiger charge is 2.68. The van der Waals surface area contributed by atoms with Gasteiger partial charge in [0, 0.05) is 0 Å². The van der Waals surface area contributed by atoms with Crippen LogP contribution in [0, 0.1) is 40.5 Å². The van der Waals surface area contributed by atoms with E-state index in [1.54, 1.807) is 0 Å². The van der Waals surface area contributed by atoms with E-state index in [4.69, 9.17) is 0 Å². The Labute approximate surface area is 134 Å². The second kappa shape index (κ2) is 6.50. The van der Waals surface area contributed by atoms with Crippen LogP contribution in [0.25, 0.3) is 0 Å². The molecule has 0 aromatic heterocycles. The van der Waals surface area contributed by atoms with Crippen LogP contribution in [0.5, 0.6) is 0 Å². The van der Waals surface area contributed by atoms with Crippen LogP contribution in [-0.4, -0.2) is 92.5 Å². The summed E-state index contributed by atoms with van der Waals surface area (Å²) >= 11 is 0. The summed E-state index contributed by atoms with van der Waals surface area (Å²) in [5.41, 5.74) is 0. The third-order valence-corrected chi connectivity index (χ3v) is 4.16. The number of nitrogens with zero attached hydrogens (tertiary/aromatic N) is 8. The van der Waals surface area contributed by atoms with E-state index in [9.17, 15) is 40.5 Å². The molecule has 1 fully saturated rings. The van der Waals surface area contributed by atoms with Gasteiger partial charge in [-0.05, 0) is 0 Å². The van der Waals surface area contributed by atoms with E-state index >= 15 is 0 Å². The van der Waals surface area contributed by atoms with Gasteiger partial charge >= 0.3 is 0 Å². The highest BCUT2D eigenvalue weighted by atomic mass is 16.7. The Kier molecular flexibility index (Phi) is 5.11. The maximum Gasteiger partial charge on any atom is 0.160 e. The second-order valence-corrected chi connectivity index (χ2v) is 5.21. The zero-order valence-corrected chi connectivity index (χ0v) is 13.2. The average Bonchev–Trinajstić information content (AvgIpc) is 2.44. The molecule has 0 radical (unpaired) electrons. The normalized spacial score (nSPS) is 25.2. The van der Waals surface area contributed by atoms with E-state index in [2.05, 4.69) is 0 Å². The van der Waals surface area contributed by atoms with Gasteiger partial charge in [-0.15, -0.1) is 20.0 Å². The maximum atomic E-state index is 11.0. The van der Waals surface area contributed by atoms with Crippen LogP contribution in [0.15, 0.2) is 0 Å². The minimum atomic E-state index is -1.32. The molecular weight excluding hydrogens is 336 g/mol. The third-order valence-electron chi connectivity index (χ3n) is 4.16. The number of hydrazine groups is 4. The van der Waals surface area contributed by atoms with Crippen molar-refractivity contribution in [3.05, 3.63) is 40.5 Å². The molecule has 0 bridgehead atoms. The number of likely N-dealkylation sites (N-methyl/N-ethyl adjacent to an activating group) is 4. The molecule has 0 unspecified atom stereocenters. The van der Waals surface area contributed by atoms with Gasteiger partial charge in [-0.3, -0.25) is 0 Å². The average molecular weight is 352 g/mol. The fraction of sp³-hybridized carbons (Fsp3) is 1.00. The first-order valence-corrected chi connectivity index (χ1v) is 6.42. The lowest BCUT2D eigenvalue weighted by Gasteiger charge is -2.51. The molecular formula is C8H16N8O8. The topological polar surface area (TPSA) is 186 Å². The van der Waals surface area contributed by atoms with E-state index < -0.39 is 44.3 Å². The second-order valence-electron chi connectivity index (χ2n) is 5.21. The molecule has 1 saturated carbocycles. The highest BCUT2D eigenvalue weighted by molar-refractivity contribution is 5.12. The summed E-state index contributed by atoms with van der Waals surface area (Å²) in [6.07, 6.45) is 0. The highest BCUT2D eigenvalue weighted by Crippen LogP contribution is 2.36. The SMILES string of the molecule is CN(C1C(N(C)[N+](=O)[O-])C(N(C)[N+](=O)[O-])C1N(C)[N+](=O)[O-])[N+](=O)[O-]. The Hall–Kier alpha value is -3.20. The van der Waals surface area contributed by atoms with Crippen molar-refractivity contribution in [2.45, 2.75) is 24.2 Å². The first-order valence-electron chi connectivity index (χ1n) is 6.42. The minimum Gasteiger partial charge on any atom is -0.235 e. The Morgan fingerprint density at radius 1 is 0.500 bits per heavy atom. The molecule has 1 aliphatic carbocycles. The van der Waals surface area contributed by atoms with Gasteiger partial charge in [-0.25, -0.2) is 40.5 Å². The summed E-state index contributed by atoms with van der Waals surface area (Å²) in [6, 6.07) is -5.28. The molecule has 0 amide bonds. The summed E-state index contributed by atoms with van der Waals surface area (Å²) < 4.78 is 0.